The van der Waals surface area contributed by atoms with E-state index < -0.39 is 0 Å². The van der Waals surface area contributed by atoms with Gasteiger partial charge in [0.1, 0.15) is 0 Å². The van der Waals surface area contributed by atoms with Gasteiger partial charge in [-0.15, -0.1) is 0 Å². The zero-order valence-electron chi connectivity index (χ0n) is 67.0. The molecular formula is C103H96N8. The van der Waals surface area contributed by atoms with Crippen molar-refractivity contribution >= 4 is 92.7 Å². The van der Waals surface area contributed by atoms with Crippen LogP contribution >= 0.6 is 0 Å². The molecular weight excluding hydrogens is 1350 g/mol. The second kappa shape index (κ2) is 27.1. The van der Waals surface area contributed by atoms with Crippen LogP contribution in [0.3, 0.4) is 0 Å². The van der Waals surface area contributed by atoms with Crippen LogP contribution in [0.2, 0.25) is 0 Å². The van der Waals surface area contributed by atoms with E-state index in [2.05, 4.69) is 386 Å². The molecule has 0 atom stereocenters. The van der Waals surface area contributed by atoms with Crippen LogP contribution < -0.4 is 0 Å². The molecule has 0 amide bonds. The highest BCUT2D eigenvalue weighted by molar-refractivity contribution is 6.04. The smallest absolute Gasteiger partial charge is 0.0737 e. The number of H-pyrrole nitrogens is 4. The Balaban J connectivity index is 0.965. The molecule has 16 bridgehead atoms. The van der Waals surface area contributed by atoms with Crippen molar-refractivity contribution in [3.8, 4) is 89.0 Å². The van der Waals surface area contributed by atoms with E-state index in [0.29, 0.717) is 0 Å². The standard InChI is InChI=1S/C103H96N8/c1-59-23-27-65(28-24-59)93-77-37-35-75(104-77)92(64-21-19-18-20-22-64)76-36-38-78(105-76)94(66-29-25-60(2)26-30-66)80-40-42-82(107-80)95(81-41-39-79(93)106-81)67-31-33-68(34-32-67)96-83-43-45-85(108-83)97(69-53-71(100(6,7)8)57-72(54-69)101(9,10)11)87-47-49-89(110-87)99(91-62(4)51-61(3)52-63(91)5)90-50-48-88(111-90)98(86-46-44-84(96)109-86)70-55-73(102(12,13)14)58-74(56-70)103(15,16)17/h18-58,104,107-108,111H,1-17H3. The first-order valence-electron chi connectivity index (χ1n) is 39.1. The summed E-state index contributed by atoms with van der Waals surface area (Å²) in [7, 11) is 0. The average Bonchev–Trinajstić information content (AvgIpc) is 1.64. The molecule has 4 N–H and O–H groups in total. The highest BCUT2D eigenvalue weighted by Gasteiger charge is 2.29. The summed E-state index contributed by atoms with van der Waals surface area (Å²) in [6.07, 6.45) is 17.6. The zero-order valence-corrected chi connectivity index (χ0v) is 67.0. The van der Waals surface area contributed by atoms with Gasteiger partial charge in [-0.3, -0.25) is 0 Å². The minimum absolute atomic E-state index is 0.148. The summed E-state index contributed by atoms with van der Waals surface area (Å²) in [5.74, 6) is 0. The van der Waals surface area contributed by atoms with E-state index in [-0.39, 0.29) is 21.7 Å². The Hall–Kier alpha value is -12.3. The highest BCUT2D eigenvalue weighted by Crippen LogP contribution is 2.46. The molecule has 0 radical (unpaired) electrons. The molecule has 0 spiro atoms. The molecule has 4 aliphatic rings. The van der Waals surface area contributed by atoms with Crippen LogP contribution in [-0.2, 0) is 21.7 Å². The van der Waals surface area contributed by atoms with Crippen LogP contribution in [0.4, 0.5) is 0 Å². The molecule has 111 heavy (non-hydrogen) atoms. The third-order valence-corrected chi connectivity index (χ3v) is 22.5. The lowest BCUT2D eigenvalue weighted by molar-refractivity contribution is 0.568. The van der Waals surface area contributed by atoms with Crippen molar-refractivity contribution in [2.45, 2.75) is 139 Å². The average molecular weight is 1450 g/mol. The van der Waals surface area contributed by atoms with Gasteiger partial charge in [-0.05, 0) is 231 Å². The van der Waals surface area contributed by atoms with Crippen LogP contribution in [0.15, 0.2) is 200 Å². The van der Waals surface area contributed by atoms with Gasteiger partial charge >= 0.3 is 0 Å². The minimum atomic E-state index is -0.148. The van der Waals surface area contributed by atoms with Crippen LogP contribution in [0.25, 0.3) is 182 Å². The molecule has 7 aromatic carbocycles. The minimum Gasteiger partial charge on any atom is -0.354 e. The van der Waals surface area contributed by atoms with E-state index in [0.717, 1.165) is 173 Å². The molecule has 8 heteroatoms. The van der Waals surface area contributed by atoms with Crippen molar-refractivity contribution in [1.29, 1.82) is 0 Å². The topological polar surface area (TPSA) is 115 Å². The Bertz CT molecular complexity index is 6280. The van der Waals surface area contributed by atoms with Gasteiger partial charge in [0, 0.05) is 88.6 Å². The number of nitrogens with one attached hydrogen (secondary N) is 4. The van der Waals surface area contributed by atoms with Gasteiger partial charge in [-0.25, -0.2) is 19.9 Å². The first kappa shape index (κ1) is 71.6. The fourth-order valence-electron chi connectivity index (χ4n) is 16.5. The predicted molar refractivity (Wildman–Crippen MR) is 473 cm³/mol. The van der Waals surface area contributed by atoms with Crippen molar-refractivity contribution in [2.75, 3.05) is 0 Å². The number of rotatable bonds is 8. The summed E-state index contributed by atoms with van der Waals surface area (Å²) in [5.41, 5.74) is 41.5. The fraction of sp³-hybridized carbons (Fsp3) is 0.204. The number of benzene rings is 7. The third-order valence-electron chi connectivity index (χ3n) is 22.5. The fourth-order valence-corrected chi connectivity index (χ4v) is 16.5. The van der Waals surface area contributed by atoms with Crippen LogP contribution in [0.5, 0.6) is 0 Å². The molecule has 13 aromatic rings. The first-order valence-corrected chi connectivity index (χ1v) is 39.1. The van der Waals surface area contributed by atoms with E-state index >= 15 is 0 Å². The second-order valence-corrected chi connectivity index (χ2v) is 35.1. The number of aromatic amines is 4. The van der Waals surface area contributed by atoms with Crippen LogP contribution in [0, 0.1) is 34.6 Å². The molecule has 6 aromatic heterocycles. The van der Waals surface area contributed by atoms with Crippen LogP contribution in [0.1, 0.15) is 179 Å². The summed E-state index contributed by atoms with van der Waals surface area (Å²) in [5, 5.41) is 0. The van der Waals surface area contributed by atoms with Gasteiger partial charge in [0.15, 0.2) is 0 Å². The van der Waals surface area contributed by atoms with E-state index in [1.807, 2.05) is 0 Å². The predicted octanol–water partition coefficient (Wildman–Crippen LogP) is 27.7. The molecule has 17 rings (SSSR count). The lowest BCUT2D eigenvalue weighted by Gasteiger charge is -2.26. The summed E-state index contributed by atoms with van der Waals surface area (Å²) < 4.78 is 0. The number of aryl methyl sites for hydroxylation is 5. The molecule has 4 aliphatic heterocycles. The molecule has 0 saturated carbocycles. The Morgan fingerprint density at radius 1 is 0.198 bits per heavy atom. The maximum absolute atomic E-state index is 5.93. The van der Waals surface area contributed by atoms with Crippen LogP contribution in [-0.4, -0.2) is 39.9 Å². The summed E-state index contributed by atoms with van der Waals surface area (Å²) in [6, 6.07) is 74.1. The number of hydrogen-bond acceptors (Lipinski definition) is 4. The van der Waals surface area contributed by atoms with Crippen molar-refractivity contribution in [1.82, 2.24) is 39.9 Å². The maximum Gasteiger partial charge on any atom is 0.0737 e. The van der Waals surface area contributed by atoms with Gasteiger partial charge in [-0.2, -0.15) is 0 Å². The molecule has 10 heterocycles. The molecule has 548 valence electrons. The van der Waals surface area contributed by atoms with Crippen molar-refractivity contribution in [2.24, 2.45) is 0 Å². The van der Waals surface area contributed by atoms with E-state index in [9.17, 15) is 0 Å². The zero-order chi connectivity index (χ0) is 77.3. The molecule has 8 nitrogen and oxygen atoms in total. The SMILES string of the molecule is Cc1ccc(-c2c3nc(c(-c4ccc(-c5c6nc(c(-c7cc(C(C)(C)C)cc(C(C)(C)C)c7)c7ccc([nH]7)c(-c7c(C)cc(C)cc7C)c7nc(c(-c8cc(C(C)(C)C)cc(C(C)(C)C)c8)c8ccc5[nH]8)C=C7)C=C6)cc4)c4ccc([nH]4)c(-c4ccc(C)cc4)c4nc(c(-c5ccccc5)c5ccc2[nH]5)C=C4)C=C3)cc1. The number of hydrogen-bond donors (Lipinski definition) is 4. The molecule has 0 unspecified atom stereocenters. The summed E-state index contributed by atoms with van der Waals surface area (Å²) >= 11 is 0. The van der Waals surface area contributed by atoms with E-state index in [4.69, 9.17) is 19.9 Å². The third kappa shape index (κ3) is 13.5. The Labute approximate surface area is 652 Å². The molecule has 0 aliphatic carbocycles. The van der Waals surface area contributed by atoms with Crippen molar-refractivity contribution in [3.05, 3.63) is 296 Å². The van der Waals surface area contributed by atoms with E-state index in [1.165, 1.54) is 55.6 Å². The number of nitrogens with zero attached hydrogens (tertiary/aromatic N) is 4. The number of fused-ring (bicyclic) bond motifs is 16. The van der Waals surface area contributed by atoms with Gasteiger partial charge in [0.2, 0.25) is 0 Å². The quantitative estimate of drug-likeness (QED) is 0.121. The van der Waals surface area contributed by atoms with Gasteiger partial charge in [-0.1, -0.05) is 251 Å². The van der Waals surface area contributed by atoms with Gasteiger partial charge in [0.05, 0.1) is 45.6 Å². The maximum atomic E-state index is 5.93. The lowest BCUT2D eigenvalue weighted by atomic mass is 9.78. The van der Waals surface area contributed by atoms with Crippen molar-refractivity contribution in [3.63, 3.8) is 0 Å². The Kier molecular flexibility index (Phi) is 17.5. The van der Waals surface area contributed by atoms with Crippen molar-refractivity contribution < 1.29 is 0 Å². The monoisotopic (exact) mass is 1440 g/mol. The second-order valence-electron chi connectivity index (χ2n) is 35.1. The highest BCUT2D eigenvalue weighted by atomic mass is 14.8. The Morgan fingerprint density at radius 3 is 0.667 bits per heavy atom. The molecule has 0 fully saturated rings. The summed E-state index contributed by atoms with van der Waals surface area (Å²) in [4.78, 5) is 39.4. The lowest BCUT2D eigenvalue weighted by Crippen LogP contribution is -2.16. The number of aromatic nitrogens is 8. The normalized spacial score (nSPS) is 12.9. The van der Waals surface area contributed by atoms with E-state index in [1.54, 1.807) is 0 Å². The summed E-state index contributed by atoms with van der Waals surface area (Å²) in [6.45, 7) is 38.7. The largest absolute Gasteiger partial charge is 0.354 e. The Morgan fingerprint density at radius 2 is 0.414 bits per heavy atom. The first-order chi connectivity index (χ1) is 53.0. The molecule has 0 saturated heterocycles. The van der Waals surface area contributed by atoms with Gasteiger partial charge < -0.3 is 19.9 Å². The van der Waals surface area contributed by atoms with Gasteiger partial charge in [0.25, 0.3) is 0 Å².